The number of rotatable bonds is 3. The molecule has 2 unspecified atom stereocenters. The van der Waals surface area contributed by atoms with E-state index < -0.39 is 0 Å². The molecule has 2 heterocycles. The molecule has 2 aliphatic heterocycles. The van der Waals surface area contributed by atoms with Crippen molar-refractivity contribution in [2.75, 3.05) is 24.6 Å². The van der Waals surface area contributed by atoms with E-state index in [1.54, 1.807) is 0 Å². The third kappa shape index (κ3) is 2.89. The largest absolute Gasteiger partial charge is 0.354 e. The molecule has 0 aromatic heterocycles. The number of nitrogens with one attached hydrogen (secondary N) is 2. The van der Waals surface area contributed by atoms with Crippen LogP contribution in [-0.4, -0.2) is 36.5 Å². The summed E-state index contributed by atoms with van der Waals surface area (Å²) in [5.41, 5.74) is 0. The quantitative estimate of drug-likeness (QED) is 0.723. The van der Waals surface area contributed by atoms with Gasteiger partial charge in [0, 0.05) is 19.0 Å². The van der Waals surface area contributed by atoms with Crippen LogP contribution in [0, 0.1) is 5.92 Å². The lowest BCUT2D eigenvalue weighted by atomic mass is 10.1. The lowest BCUT2D eigenvalue weighted by Crippen LogP contribution is -2.36. The first kappa shape index (κ1) is 10.3. The molecule has 2 atom stereocenters. The van der Waals surface area contributed by atoms with Crippen molar-refractivity contribution in [1.29, 1.82) is 0 Å². The maximum atomic E-state index is 10.9. The van der Waals surface area contributed by atoms with E-state index in [4.69, 9.17) is 0 Å². The van der Waals surface area contributed by atoms with Crippen LogP contribution in [0.2, 0.25) is 0 Å². The Labute approximate surface area is 89.4 Å². The molecule has 0 aliphatic carbocycles. The summed E-state index contributed by atoms with van der Waals surface area (Å²) >= 11 is 2.06. The molecule has 0 aromatic carbocycles. The number of hydrogen-bond acceptors (Lipinski definition) is 3. The molecular formula is C10H18N2OS. The van der Waals surface area contributed by atoms with Gasteiger partial charge in [0.2, 0.25) is 5.91 Å². The number of thioether (sulfide) groups is 1. The molecule has 3 nitrogen and oxygen atoms in total. The van der Waals surface area contributed by atoms with Crippen LogP contribution in [0.1, 0.15) is 19.3 Å². The van der Waals surface area contributed by atoms with E-state index in [0.717, 1.165) is 19.0 Å². The predicted octanol–water partition coefficient (Wildman–Crippen LogP) is 0.608. The second kappa shape index (κ2) is 5.03. The number of carbonyl (C=O) groups is 1. The van der Waals surface area contributed by atoms with Crippen LogP contribution in [0.4, 0.5) is 0 Å². The van der Waals surface area contributed by atoms with Gasteiger partial charge in [-0.25, -0.2) is 0 Å². The second-order valence-corrected chi connectivity index (χ2v) is 5.35. The molecule has 2 saturated heterocycles. The van der Waals surface area contributed by atoms with Gasteiger partial charge in [-0.15, -0.1) is 0 Å². The average molecular weight is 214 g/mol. The molecule has 80 valence electrons. The SMILES string of the molecule is O=C1CC(NCC2CCCSC2)CN1. The minimum absolute atomic E-state index is 0.195. The van der Waals surface area contributed by atoms with Crippen LogP contribution in [-0.2, 0) is 4.79 Å². The monoisotopic (exact) mass is 214 g/mol. The summed E-state index contributed by atoms with van der Waals surface area (Å²) in [6, 6.07) is 0.384. The first-order valence-corrected chi connectivity index (χ1v) is 6.58. The zero-order valence-corrected chi connectivity index (χ0v) is 9.24. The van der Waals surface area contributed by atoms with Crippen molar-refractivity contribution < 1.29 is 4.79 Å². The Balaban J connectivity index is 1.63. The summed E-state index contributed by atoms with van der Waals surface area (Å²) in [6.45, 7) is 1.91. The summed E-state index contributed by atoms with van der Waals surface area (Å²) in [7, 11) is 0. The molecule has 2 N–H and O–H groups in total. The first-order valence-electron chi connectivity index (χ1n) is 5.42. The molecule has 14 heavy (non-hydrogen) atoms. The summed E-state index contributed by atoms with van der Waals surface area (Å²) < 4.78 is 0. The fourth-order valence-corrected chi connectivity index (χ4v) is 3.21. The lowest BCUT2D eigenvalue weighted by molar-refractivity contribution is -0.119. The highest BCUT2D eigenvalue weighted by Gasteiger charge is 2.22. The van der Waals surface area contributed by atoms with Gasteiger partial charge in [0.05, 0.1) is 0 Å². The van der Waals surface area contributed by atoms with Crippen LogP contribution < -0.4 is 10.6 Å². The van der Waals surface area contributed by atoms with Crippen LogP contribution in [0.5, 0.6) is 0 Å². The van der Waals surface area contributed by atoms with E-state index in [1.807, 2.05) is 0 Å². The van der Waals surface area contributed by atoms with Crippen molar-refractivity contribution in [3.8, 4) is 0 Å². The zero-order chi connectivity index (χ0) is 9.80. The molecule has 0 radical (unpaired) electrons. The van der Waals surface area contributed by atoms with Gasteiger partial charge in [-0.1, -0.05) is 0 Å². The number of carbonyl (C=O) groups excluding carboxylic acids is 1. The highest BCUT2D eigenvalue weighted by molar-refractivity contribution is 7.99. The van der Waals surface area contributed by atoms with Crippen LogP contribution >= 0.6 is 11.8 Å². The van der Waals surface area contributed by atoms with Gasteiger partial charge >= 0.3 is 0 Å². The van der Waals surface area contributed by atoms with Gasteiger partial charge in [0.15, 0.2) is 0 Å². The first-order chi connectivity index (χ1) is 6.84. The zero-order valence-electron chi connectivity index (χ0n) is 8.42. The van der Waals surface area contributed by atoms with E-state index in [9.17, 15) is 4.79 Å². The Bertz CT molecular complexity index is 204. The van der Waals surface area contributed by atoms with Gasteiger partial charge in [-0.05, 0) is 36.8 Å². The van der Waals surface area contributed by atoms with E-state index in [-0.39, 0.29) is 5.91 Å². The fraction of sp³-hybridized carbons (Fsp3) is 0.900. The molecular weight excluding hydrogens is 196 g/mol. The lowest BCUT2D eigenvalue weighted by Gasteiger charge is -2.23. The molecule has 1 amide bonds. The van der Waals surface area contributed by atoms with Gasteiger partial charge in [0.25, 0.3) is 0 Å². The van der Waals surface area contributed by atoms with E-state index in [1.165, 1.54) is 24.3 Å². The third-order valence-electron chi connectivity index (χ3n) is 2.93. The van der Waals surface area contributed by atoms with Crippen LogP contribution in [0.3, 0.4) is 0 Å². The number of hydrogen-bond donors (Lipinski definition) is 2. The summed E-state index contributed by atoms with van der Waals surface area (Å²) in [4.78, 5) is 10.9. The smallest absolute Gasteiger partial charge is 0.221 e. The molecule has 2 aliphatic rings. The Morgan fingerprint density at radius 1 is 1.57 bits per heavy atom. The summed E-state index contributed by atoms with van der Waals surface area (Å²) in [6.07, 6.45) is 3.38. The van der Waals surface area contributed by atoms with Crippen molar-refractivity contribution in [2.45, 2.75) is 25.3 Å². The Hall–Kier alpha value is -0.220. The van der Waals surface area contributed by atoms with Crippen molar-refractivity contribution in [2.24, 2.45) is 5.92 Å². The molecule has 2 rings (SSSR count). The van der Waals surface area contributed by atoms with Gasteiger partial charge in [-0.2, -0.15) is 11.8 Å². The van der Waals surface area contributed by atoms with Crippen LogP contribution in [0.15, 0.2) is 0 Å². The third-order valence-corrected chi connectivity index (χ3v) is 4.21. The standard InChI is InChI=1S/C10H18N2OS/c13-10-4-9(6-12-10)11-5-8-2-1-3-14-7-8/h8-9,11H,1-7H2,(H,12,13). The van der Waals surface area contributed by atoms with E-state index in [0.29, 0.717) is 12.5 Å². The Kier molecular flexibility index (Phi) is 3.70. The maximum absolute atomic E-state index is 10.9. The minimum atomic E-state index is 0.195. The average Bonchev–Trinajstić information content (AvgIpc) is 2.63. The minimum Gasteiger partial charge on any atom is -0.354 e. The summed E-state index contributed by atoms with van der Waals surface area (Å²) in [5, 5.41) is 6.34. The van der Waals surface area contributed by atoms with Crippen LogP contribution in [0.25, 0.3) is 0 Å². The molecule has 2 fully saturated rings. The molecule has 0 saturated carbocycles. The predicted molar refractivity (Wildman–Crippen MR) is 59.5 cm³/mol. The second-order valence-electron chi connectivity index (χ2n) is 4.20. The Morgan fingerprint density at radius 3 is 3.14 bits per heavy atom. The van der Waals surface area contributed by atoms with Crippen molar-refractivity contribution >= 4 is 17.7 Å². The molecule has 0 spiro atoms. The normalized spacial score (nSPS) is 33.0. The molecule has 0 aromatic rings. The van der Waals surface area contributed by atoms with Gasteiger partial charge in [-0.3, -0.25) is 4.79 Å². The van der Waals surface area contributed by atoms with Gasteiger partial charge in [0.1, 0.15) is 0 Å². The maximum Gasteiger partial charge on any atom is 0.221 e. The van der Waals surface area contributed by atoms with Gasteiger partial charge < -0.3 is 10.6 Å². The van der Waals surface area contributed by atoms with Crippen molar-refractivity contribution in [1.82, 2.24) is 10.6 Å². The number of amides is 1. The van der Waals surface area contributed by atoms with E-state index in [2.05, 4.69) is 22.4 Å². The fourth-order valence-electron chi connectivity index (χ4n) is 2.05. The highest BCUT2D eigenvalue weighted by atomic mass is 32.2. The van der Waals surface area contributed by atoms with Crippen molar-refractivity contribution in [3.05, 3.63) is 0 Å². The van der Waals surface area contributed by atoms with Crippen molar-refractivity contribution in [3.63, 3.8) is 0 Å². The highest BCUT2D eigenvalue weighted by Crippen LogP contribution is 2.21. The van der Waals surface area contributed by atoms with E-state index >= 15 is 0 Å². The topological polar surface area (TPSA) is 41.1 Å². The summed E-state index contributed by atoms with van der Waals surface area (Å²) in [5.74, 6) is 3.64. The molecule has 0 bridgehead atoms. The molecule has 4 heteroatoms. The Morgan fingerprint density at radius 2 is 2.50 bits per heavy atom.